The first-order chi connectivity index (χ1) is 6.54. The van der Waals surface area contributed by atoms with E-state index in [0.29, 0.717) is 17.7 Å². The first-order valence-electron chi connectivity index (χ1n) is 4.20. The molecule has 14 heavy (non-hydrogen) atoms. The van der Waals surface area contributed by atoms with Crippen molar-refractivity contribution in [2.24, 2.45) is 0 Å². The fourth-order valence-electron chi connectivity index (χ4n) is 1.22. The summed E-state index contributed by atoms with van der Waals surface area (Å²) in [7, 11) is 1.44. The van der Waals surface area contributed by atoms with Crippen LogP contribution < -0.4 is 4.74 Å². The van der Waals surface area contributed by atoms with E-state index < -0.39 is 11.6 Å². The third-order valence-corrected chi connectivity index (χ3v) is 2.15. The van der Waals surface area contributed by atoms with E-state index in [4.69, 9.17) is 4.74 Å². The summed E-state index contributed by atoms with van der Waals surface area (Å²) in [4.78, 5) is 0.196. The number of methoxy groups -OCH3 is 1. The molecule has 0 aliphatic rings. The van der Waals surface area contributed by atoms with Crippen LogP contribution in [0.5, 0.6) is 5.75 Å². The van der Waals surface area contributed by atoms with Gasteiger partial charge >= 0.3 is 0 Å². The van der Waals surface area contributed by atoms with E-state index >= 15 is 0 Å². The number of hydrogen-bond donors (Lipinski definition) is 0. The van der Waals surface area contributed by atoms with E-state index in [1.54, 1.807) is 0 Å². The highest BCUT2D eigenvalue weighted by molar-refractivity contribution is 9.09. The second kappa shape index (κ2) is 4.73. The van der Waals surface area contributed by atoms with E-state index in [1.807, 2.05) is 6.92 Å². The summed E-state index contributed by atoms with van der Waals surface area (Å²) < 4.78 is 30.7. The minimum Gasteiger partial charge on any atom is -0.496 e. The third kappa shape index (κ3) is 2.67. The van der Waals surface area contributed by atoms with Gasteiger partial charge in [-0.3, -0.25) is 0 Å². The normalized spacial score (nSPS) is 12.6. The van der Waals surface area contributed by atoms with Crippen LogP contribution in [0, 0.1) is 11.6 Å². The van der Waals surface area contributed by atoms with Gasteiger partial charge in [-0.15, -0.1) is 0 Å². The first kappa shape index (κ1) is 11.4. The van der Waals surface area contributed by atoms with Crippen molar-refractivity contribution in [2.75, 3.05) is 7.11 Å². The smallest absolute Gasteiger partial charge is 0.162 e. The van der Waals surface area contributed by atoms with Crippen molar-refractivity contribution in [3.8, 4) is 5.75 Å². The van der Waals surface area contributed by atoms with Crippen molar-refractivity contribution in [3.05, 3.63) is 29.3 Å². The molecule has 1 atom stereocenters. The standard InChI is InChI=1S/C10H11BrF2O/c1-6(11)3-7-4-8(12)9(13)5-10(7)14-2/h4-6H,3H2,1-2H3. The Labute approximate surface area is 90.2 Å². The second-order valence-electron chi connectivity index (χ2n) is 3.06. The zero-order chi connectivity index (χ0) is 10.7. The molecule has 0 bridgehead atoms. The van der Waals surface area contributed by atoms with Gasteiger partial charge < -0.3 is 4.74 Å². The second-order valence-corrected chi connectivity index (χ2v) is 4.63. The summed E-state index contributed by atoms with van der Waals surface area (Å²) >= 11 is 3.35. The zero-order valence-corrected chi connectivity index (χ0v) is 9.57. The van der Waals surface area contributed by atoms with Crippen molar-refractivity contribution < 1.29 is 13.5 Å². The van der Waals surface area contributed by atoms with Gasteiger partial charge in [0.2, 0.25) is 0 Å². The summed E-state index contributed by atoms with van der Waals surface area (Å²) in [5.41, 5.74) is 0.663. The van der Waals surface area contributed by atoms with Crippen LogP contribution >= 0.6 is 15.9 Å². The molecular formula is C10H11BrF2O. The van der Waals surface area contributed by atoms with Gasteiger partial charge in [0.05, 0.1) is 7.11 Å². The fraction of sp³-hybridized carbons (Fsp3) is 0.400. The van der Waals surface area contributed by atoms with Gasteiger partial charge in [0, 0.05) is 10.9 Å². The van der Waals surface area contributed by atoms with Crippen LogP contribution in [-0.2, 0) is 6.42 Å². The van der Waals surface area contributed by atoms with Gasteiger partial charge in [-0.2, -0.15) is 0 Å². The van der Waals surface area contributed by atoms with Gasteiger partial charge in [-0.25, -0.2) is 8.78 Å². The van der Waals surface area contributed by atoms with Crippen LogP contribution in [-0.4, -0.2) is 11.9 Å². The average molecular weight is 265 g/mol. The Morgan fingerprint density at radius 1 is 1.36 bits per heavy atom. The maximum atomic E-state index is 12.9. The molecule has 1 aromatic rings. The summed E-state index contributed by atoms with van der Waals surface area (Å²) in [5, 5.41) is 0. The lowest BCUT2D eigenvalue weighted by Crippen LogP contribution is -2.01. The van der Waals surface area contributed by atoms with Gasteiger partial charge in [-0.05, 0) is 18.1 Å². The van der Waals surface area contributed by atoms with E-state index in [-0.39, 0.29) is 4.83 Å². The number of rotatable bonds is 3. The highest BCUT2D eigenvalue weighted by Gasteiger charge is 2.11. The molecule has 0 heterocycles. The molecule has 0 N–H and O–H groups in total. The minimum absolute atomic E-state index is 0.196. The Kier molecular flexibility index (Phi) is 3.86. The van der Waals surface area contributed by atoms with Crippen LogP contribution in [0.2, 0.25) is 0 Å². The molecule has 0 aromatic heterocycles. The van der Waals surface area contributed by atoms with Gasteiger partial charge in [0.25, 0.3) is 0 Å². The summed E-state index contributed by atoms with van der Waals surface area (Å²) in [5.74, 6) is -1.34. The quantitative estimate of drug-likeness (QED) is 0.762. The third-order valence-electron chi connectivity index (χ3n) is 1.82. The monoisotopic (exact) mass is 264 g/mol. The molecule has 1 rings (SSSR count). The molecule has 1 unspecified atom stereocenters. The van der Waals surface area contributed by atoms with Crippen LogP contribution in [0.25, 0.3) is 0 Å². The molecule has 1 aromatic carbocycles. The highest BCUT2D eigenvalue weighted by Crippen LogP contribution is 2.24. The molecule has 78 valence electrons. The number of halogens is 3. The molecule has 0 spiro atoms. The van der Waals surface area contributed by atoms with Crippen molar-refractivity contribution in [2.45, 2.75) is 18.2 Å². The number of benzene rings is 1. The molecule has 1 nitrogen and oxygen atoms in total. The van der Waals surface area contributed by atoms with Crippen molar-refractivity contribution >= 4 is 15.9 Å². The summed E-state index contributed by atoms with van der Waals surface area (Å²) in [6.07, 6.45) is 0.598. The summed E-state index contributed by atoms with van der Waals surface area (Å²) in [6, 6.07) is 2.24. The predicted octanol–water partition coefficient (Wildman–Crippen LogP) is 3.30. The Morgan fingerprint density at radius 2 is 1.93 bits per heavy atom. The van der Waals surface area contributed by atoms with Crippen molar-refractivity contribution in [1.29, 1.82) is 0 Å². The van der Waals surface area contributed by atoms with E-state index in [1.165, 1.54) is 13.2 Å². The van der Waals surface area contributed by atoms with Gasteiger partial charge in [-0.1, -0.05) is 22.9 Å². The largest absolute Gasteiger partial charge is 0.496 e. The van der Waals surface area contributed by atoms with Crippen LogP contribution in [0.15, 0.2) is 12.1 Å². The van der Waals surface area contributed by atoms with E-state index in [2.05, 4.69) is 15.9 Å². The Hall–Kier alpha value is -0.640. The molecule has 0 saturated carbocycles. The van der Waals surface area contributed by atoms with Crippen molar-refractivity contribution in [3.63, 3.8) is 0 Å². The van der Waals surface area contributed by atoms with Gasteiger partial charge in [0.1, 0.15) is 5.75 Å². The number of ether oxygens (including phenoxy) is 1. The van der Waals surface area contributed by atoms with Gasteiger partial charge in [0.15, 0.2) is 11.6 Å². The van der Waals surface area contributed by atoms with Crippen LogP contribution in [0.4, 0.5) is 8.78 Å². The summed E-state index contributed by atoms with van der Waals surface area (Å²) in [6.45, 7) is 1.93. The lowest BCUT2D eigenvalue weighted by molar-refractivity contribution is 0.400. The Morgan fingerprint density at radius 3 is 2.43 bits per heavy atom. The molecular weight excluding hydrogens is 254 g/mol. The van der Waals surface area contributed by atoms with Crippen LogP contribution in [0.1, 0.15) is 12.5 Å². The zero-order valence-electron chi connectivity index (χ0n) is 7.98. The Balaban J connectivity index is 3.07. The highest BCUT2D eigenvalue weighted by atomic mass is 79.9. The van der Waals surface area contributed by atoms with E-state index in [0.717, 1.165) is 6.07 Å². The molecule has 0 amide bonds. The Bertz CT molecular complexity index is 326. The lowest BCUT2D eigenvalue weighted by atomic mass is 10.1. The first-order valence-corrected chi connectivity index (χ1v) is 5.12. The lowest BCUT2D eigenvalue weighted by Gasteiger charge is -2.10. The van der Waals surface area contributed by atoms with Crippen LogP contribution in [0.3, 0.4) is 0 Å². The maximum Gasteiger partial charge on any atom is 0.162 e. The average Bonchev–Trinajstić information content (AvgIpc) is 2.10. The minimum atomic E-state index is -0.882. The van der Waals surface area contributed by atoms with E-state index in [9.17, 15) is 8.78 Å². The predicted molar refractivity (Wildman–Crippen MR) is 55.0 cm³/mol. The number of hydrogen-bond acceptors (Lipinski definition) is 1. The number of alkyl halides is 1. The molecule has 0 aliphatic heterocycles. The van der Waals surface area contributed by atoms with Crippen molar-refractivity contribution in [1.82, 2.24) is 0 Å². The SMILES string of the molecule is COc1cc(F)c(F)cc1CC(C)Br. The molecule has 0 fully saturated rings. The molecule has 0 aliphatic carbocycles. The topological polar surface area (TPSA) is 9.23 Å². The maximum absolute atomic E-state index is 12.9. The molecule has 0 radical (unpaired) electrons. The molecule has 4 heteroatoms. The molecule has 0 saturated heterocycles. The fourth-order valence-corrected chi connectivity index (χ4v) is 1.57.